The Hall–Kier alpha value is -0.533. The van der Waals surface area contributed by atoms with Crippen LogP contribution >= 0.6 is 23.2 Å². The number of anilines is 1. The maximum atomic E-state index is 13.3. The Kier molecular flexibility index (Phi) is 8.05. The molecule has 1 aromatic rings. The molecule has 0 aliphatic carbocycles. The summed E-state index contributed by atoms with van der Waals surface area (Å²) in [7, 11) is -2.44. The highest BCUT2D eigenvalue weighted by Gasteiger charge is 2.52. The molecule has 8 heteroatoms. The minimum atomic E-state index is -2.44. The first kappa shape index (κ1) is 24.5. The normalized spacial score (nSPS) is 16.3. The molecule has 1 rings (SSSR count). The van der Waals surface area contributed by atoms with Gasteiger partial charge < -0.3 is 20.9 Å². The van der Waals surface area contributed by atoms with Crippen LogP contribution in [-0.2, 0) is 0 Å². The van der Waals surface area contributed by atoms with Gasteiger partial charge in [0.2, 0.25) is 0 Å². The molecule has 0 fully saturated rings. The summed E-state index contributed by atoms with van der Waals surface area (Å²) in [6, 6.07) is 3.08. The van der Waals surface area contributed by atoms with Gasteiger partial charge >= 0.3 is 0 Å². The summed E-state index contributed by atoms with van der Waals surface area (Å²) in [6.07, 6.45) is 0. The molecule has 4 N–H and O–H groups in total. The van der Waals surface area contributed by atoms with Crippen LogP contribution in [0.1, 0.15) is 34.6 Å². The largest absolute Gasteiger partial charge is 0.465 e. The minimum absolute atomic E-state index is 0.0832. The van der Waals surface area contributed by atoms with Crippen molar-refractivity contribution in [2.75, 3.05) is 19.0 Å². The number of aliphatic hydroxyl groups is 1. The zero-order chi connectivity index (χ0) is 21.2. The molecule has 27 heavy (non-hydrogen) atoms. The van der Waals surface area contributed by atoms with Crippen LogP contribution in [0, 0.1) is 5.92 Å². The summed E-state index contributed by atoms with van der Waals surface area (Å²) in [5.41, 5.74) is 4.00. The lowest BCUT2D eigenvalue weighted by Crippen LogP contribution is -2.67. The summed E-state index contributed by atoms with van der Waals surface area (Å²) in [4.78, 5) is 0. The molecule has 1 aromatic carbocycles. The van der Waals surface area contributed by atoms with E-state index in [0.29, 0.717) is 11.7 Å². The van der Waals surface area contributed by atoms with Gasteiger partial charge in [-0.1, -0.05) is 57.1 Å². The van der Waals surface area contributed by atoms with Crippen molar-refractivity contribution in [1.82, 2.24) is 5.32 Å². The van der Waals surface area contributed by atoms with E-state index in [1.807, 2.05) is 0 Å². The summed E-state index contributed by atoms with van der Waals surface area (Å²) in [6.45, 7) is 13.5. The number of alkyl halides is 1. The average Bonchev–Trinajstić information content (AvgIpc) is 2.57. The molecule has 0 saturated carbocycles. The first-order valence-electron chi connectivity index (χ1n) is 9.14. The number of hydrogen-bond acceptors (Lipinski definition) is 4. The number of benzene rings is 1. The zero-order valence-corrected chi connectivity index (χ0v) is 19.8. The van der Waals surface area contributed by atoms with E-state index in [1.165, 1.54) is 0 Å². The van der Waals surface area contributed by atoms with E-state index < -0.39 is 25.7 Å². The van der Waals surface area contributed by atoms with Crippen molar-refractivity contribution in [2.24, 2.45) is 5.92 Å². The molecule has 0 saturated heterocycles. The second kappa shape index (κ2) is 8.87. The van der Waals surface area contributed by atoms with Crippen molar-refractivity contribution >= 4 is 37.0 Å². The summed E-state index contributed by atoms with van der Waals surface area (Å²) < 4.78 is 19.4. The Bertz CT molecular complexity index is 636. The van der Waals surface area contributed by atoms with Crippen molar-refractivity contribution < 1.29 is 14.2 Å². The Balaban J connectivity index is 3.32. The van der Waals surface area contributed by atoms with Crippen LogP contribution in [0.4, 0.5) is 10.1 Å². The predicted octanol–water partition coefficient (Wildman–Crippen LogP) is 5.27. The second-order valence-electron chi connectivity index (χ2n) is 8.81. The fourth-order valence-corrected chi connectivity index (χ4v) is 6.58. The summed E-state index contributed by atoms with van der Waals surface area (Å²) in [5.74, 6) is 0.688. The molecular weight excluding hydrogens is 406 g/mol. The van der Waals surface area contributed by atoms with Gasteiger partial charge in [0.15, 0.2) is 5.41 Å². The molecule has 0 aliphatic rings. The molecule has 0 aromatic heterocycles. The third-order valence-electron chi connectivity index (χ3n) is 5.63. The third kappa shape index (κ3) is 5.73. The van der Waals surface area contributed by atoms with E-state index in [-0.39, 0.29) is 27.8 Å². The third-order valence-corrected chi connectivity index (χ3v) is 11.5. The molecule has 0 radical (unpaired) electrons. The number of nitrogens with two attached hydrogens (primary N) is 1. The first-order chi connectivity index (χ1) is 12.2. The maximum Gasteiger partial charge on any atom is 0.200 e. The maximum absolute atomic E-state index is 13.3. The van der Waals surface area contributed by atoms with Crippen molar-refractivity contribution in [2.45, 2.75) is 64.2 Å². The Morgan fingerprint density at radius 1 is 1.22 bits per heavy atom. The van der Waals surface area contributed by atoms with E-state index >= 15 is 0 Å². The molecule has 0 bridgehead atoms. The zero-order valence-electron chi connectivity index (χ0n) is 17.3. The van der Waals surface area contributed by atoms with E-state index in [4.69, 9.17) is 33.7 Å². The lowest BCUT2D eigenvalue weighted by molar-refractivity contribution is -0.0763. The molecule has 4 nitrogen and oxygen atoms in total. The Labute approximate surface area is 173 Å². The summed E-state index contributed by atoms with van der Waals surface area (Å²) >= 11 is 12.2. The van der Waals surface area contributed by atoms with Gasteiger partial charge in [-0.25, -0.2) is 4.39 Å². The number of hydrogen-bond donors (Lipinski definition) is 3. The second-order valence-corrected chi connectivity index (χ2v) is 14.8. The lowest BCUT2D eigenvalue weighted by atomic mass is 10.1. The smallest absolute Gasteiger partial charge is 0.200 e. The molecule has 2 unspecified atom stereocenters. The van der Waals surface area contributed by atoms with Gasteiger partial charge in [-0.15, -0.1) is 0 Å². The van der Waals surface area contributed by atoms with Crippen LogP contribution in [0.25, 0.3) is 0 Å². The average molecular weight is 439 g/mol. The topological polar surface area (TPSA) is 67.5 Å². The van der Waals surface area contributed by atoms with Gasteiger partial charge in [0.1, 0.15) is 20.5 Å². The number of nitrogens with one attached hydrogen (secondary N) is 1. The lowest BCUT2D eigenvalue weighted by Gasteiger charge is -2.46. The molecule has 2 atom stereocenters. The molecular formula is C19H33Cl2FN2O2Si. The van der Waals surface area contributed by atoms with Gasteiger partial charge in [0.25, 0.3) is 0 Å². The monoisotopic (exact) mass is 438 g/mol. The van der Waals surface area contributed by atoms with Crippen LogP contribution < -0.4 is 15.8 Å². The molecule has 0 spiro atoms. The minimum Gasteiger partial charge on any atom is -0.465 e. The SMILES string of the molecule is CC(C)C(C)[Si](C)(C)C(O)(CNC(C)(C)CF)Oc1cc(Cl)c(N)c(Cl)c1. The highest BCUT2D eigenvalue weighted by Crippen LogP contribution is 2.40. The molecule has 0 aliphatic heterocycles. The van der Waals surface area contributed by atoms with E-state index in [9.17, 15) is 9.50 Å². The van der Waals surface area contributed by atoms with Crippen molar-refractivity contribution in [3.8, 4) is 5.75 Å². The van der Waals surface area contributed by atoms with Crippen molar-refractivity contribution in [1.29, 1.82) is 0 Å². The number of rotatable bonds is 9. The predicted molar refractivity (Wildman–Crippen MR) is 116 cm³/mol. The molecule has 0 heterocycles. The number of β-amino-alcohol motifs (C(OH)–C–C–N with tert-alkyl or cyclic N) is 1. The standard InChI is InChI=1S/C19H33Cl2FN2O2Si/c1-12(2)13(3)27(6,7)19(25,11-24-18(4,5)10-22)26-14-8-15(20)17(23)16(21)9-14/h8-9,12-13,24-25H,10-11,23H2,1-7H3. The first-order valence-corrected chi connectivity index (χ1v) is 13.0. The molecule has 156 valence electrons. The quantitative estimate of drug-likeness (QED) is 0.278. The van der Waals surface area contributed by atoms with Crippen LogP contribution in [-0.4, -0.2) is 37.3 Å². The van der Waals surface area contributed by atoms with E-state index in [1.54, 1.807) is 26.0 Å². The van der Waals surface area contributed by atoms with Gasteiger partial charge in [0, 0.05) is 17.7 Å². The van der Waals surface area contributed by atoms with Crippen LogP contribution in [0.2, 0.25) is 28.7 Å². The number of halogens is 3. The van der Waals surface area contributed by atoms with Crippen molar-refractivity contribution in [3.05, 3.63) is 22.2 Å². The van der Waals surface area contributed by atoms with Crippen LogP contribution in [0.5, 0.6) is 5.75 Å². The fourth-order valence-electron chi connectivity index (χ4n) is 2.81. The van der Waals surface area contributed by atoms with Gasteiger partial charge in [-0.3, -0.25) is 0 Å². The molecule has 0 amide bonds. The highest BCUT2D eigenvalue weighted by molar-refractivity contribution is 6.81. The number of nitrogen functional groups attached to an aromatic ring is 1. The summed E-state index contributed by atoms with van der Waals surface area (Å²) in [5, 5.41) is 15.3. The van der Waals surface area contributed by atoms with E-state index in [2.05, 4.69) is 39.2 Å². The van der Waals surface area contributed by atoms with Gasteiger partial charge in [-0.2, -0.15) is 0 Å². The van der Waals surface area contributed by atoms with Gasteiger partial charge in [-0.05, 0) is 25.3 Å². The Morgan fingerprint density at radius 3 is 2.11 bits per heavy atom. The van der Waals surface area contributed by atoms with E-state index in [0.717, 1.165) is 0 Å². The van der Waals surface area contributed by atoms with Crippen LogP contribution in [0.15, 0.2) is 12.1 Å². The number of ether oxygens (including phenoxy) is 1. The van der Waals surface area contributed by atoms with Gasteiger partial charge in [0.05, 0.1) is 22.3 Å². The fraction of sp³-hybridized carbons (Fsp3) is 0.684. The Morgan fingerprint density at radius 2 is 1.70 bits per heavy atom. The highest BCUT2D eigenvalue weighted by atomic mass is 35.5. The van der Waals surface area contributed by atoms with Crippen molar-refractivity contribution in [3.63, 3.8) is 0 Å². The van der Waals surface area contributed by atoms with Crippen LogP contribution in [0.3, 0.4) is 0 Å².